The summed E-state index contributed by atoms with van der Waals surface area (Å²) < 4.78 is 0. The largest absolute Gasteiger partial charge is 0.314 e. The Morgan fingerprint density at radius 2 is 1.78 bits per heavy atom. The van der Waals surface area contributed by atoms with E-state index < -0.39 is 0 Å². The first-order chi connectivity index (χ1) is 8.84. The number of rotatable bonds is 3. The Morgan fingerprint density at radius 3 is 2.33 bits per heavy atom. The fraction of sp³-hybridized carbons (Fsp3) is 0.625. The number of nitrogens with one attached hydrogen (secondary N) is 1. The molecule has 3 rings (SSSR count). The van der Waals surface area contributed by atoms with Crippen LogP contribution in [0.2, 0.25) is 0 Å². The second kappa shape index (κ2) is 5.41. The summed E-state index contributed by atoms with van der Waals surface area (Å²) >= 11 is 0. The smallest absolute Gasteiger partial charge is 0.0377 e. The molecule has 0 amide bonds. The average molecular weight is 244 g/mol. The molecule has 1 aliphatic heterocycles. The number of aryl methyl sites for hydroxylation is 1. The molecule has 0 unspecified atom stereocenters. The molecular weight excluding hydrogens is 220 g/mol. The van der Waals surface area contributed by atoms with E-state index in [1.165, 1.54) is 43.5 Å². The van der Waals surface area contributed by atoms with Gasteiger partial charge >= 0.3 is 0 Å². The van der Waals surface area contributed by atoms with Gasteiger partial charge in [0.2, 0.25) is 0 Å². The summed E-state index contributed by atoms with van der Waals surface area (Å²) in [6.07, 6.45) is 4.27. The Bertz CT molecular complexity index is 375. The molecule has 2 fully saturated rings. The quantitative estimate of drug-likeness (QED) is 0.879. The SMILES string of the molecule is Cc1ccc([C@H](C2CCC2)N2CCNCC2)cc1. The van der Waals surface area contributed by atoms with Gasteiger partial charge in [-0.1, -0.05) is 36.2 Å². The van der Waals surface area contributed by atoms with Gasteiger partial charge in [-0.2, -0.15) is 0 Å². The highest BCUT2D eigenvalue weighted by Crippen LogP contribution is 2.41. The highest BCUT2D eigenvalue weighted by Gasteiger charge is 2.33. The van der Waals surface area contributed by atoms with Crippen LogP contribution in [0.15, 0.2) is 24.3 Å². The molecule has 0 spiro atoms. The predicted octanol–water partition coefficient (Wildman–Crippen LogP) is 2.74. The minimum Gasteiger partial charge on any atom is -0.314 e. The van der Waals surface area contributed by atoms with Crippen LogP contribution in [0.4, 0.5) is 0 Å². The topological polar surface area (TPSA) is 15.3 Å². The number of hydrogen-bond acceptors (Lipinski definition) is 2. The average Bonchev–Trinajstić information content (AvgIpc) is 2.36. The molecule has 1 saturated heterocycles. The third-order valence-electron chi connectivity index (χ3n) is 4.56. The van der Waals surface area contributed by atoms with Crippen LogP contribution in [-0.2, 0) is 0 Å². The van der Waals surface area contributed by atoms with Gasteiger partial charge in [-0.05, 0) is 31.2 Å². The molecule has 1 aromatic rings. The summed E-state index contributed by atoms with van der Waals surface area (Å²) in [5.41, 5.74) is 2.90. The number of nitrogens with zero attached hydrogens (tertiary/aromatic N) is 1. The normalized spacial score (nSPS) is 23.6. The monoisotopic (exact) mass is 244 g/mol. The molecule has 1 aliphatic carbocycles. The summed E-state index contributed by atoms with van der Waals surface area (Å²) in [5, 5.41) is 3.46. The van der Waals surface area contributed by atoms with Gasteiger partial charge in [0.25, 0.3) is 0 Å². The van der Waals surface area contributed by atoms with Crippen molar-refractivity contribution in [3.63, 3.8) is 0 Å². The first-order valence-electron chi connectivity index (χ1n) is 7.36. The standard InChI is InChI=1S/C16H24N2/c1-13-5-7-15(8-6-13)16(14-3-2-4-14)18-11-9-17-10-12-18/h5-8,14,16-17H,2-4,9-12H2,1H3/t16-/m0/s1. The van der Waals surface area contributed by atoms with Crippen LogP contribution in [0, 0.1) is 12.8 Å². The summed E-state index contributed by atoms with van der Waals surface area (Å²) in [5.74, 6) is 0.894. The van der Waals surface area contributed by atoms with Gasteiger partial charge in [-0.15, -0.1) is 0 Å². The molecule has 1 N–H and O–H groups in total. The number of hydrogen-bond donors (Lipinski definition) is 1. The van der Waals surface area contributed by atoms with Crippen molar-refractivity contribution in [3.05, 3.63) is 35.4 Å². The van der Waals surface area contributed by atoms with E-state index >= 15 is 0 Å². The van der Waals surface area contributed by atoms with E-state index in [0.29, 0.717) is 6.04 Å². The third-order valence-corrected chi connectivity index (χ3v) is 4.56. The first kappa shape index (κ1) is 12.2. The Labute approximate surface area is 110 Å². The molecule has 98 valence electrons. The van der Waals surface area contributed by atoms with Crippen molar-refractivity contribution < 1.29 is 0 Å². The lowest BCUT2D eigenvalue weighted by molar-refractivity contribution is 0.0837. The van der Waals surface area contributed by atoms with E-state index in [1.807, 2.05) is 0 Å². The molecule has 18 heavy (non-hydrogen) atoms. The van der Waals surface area contributed by atoms with E-state index in [-0.39, 0.29) is 0 Å². The fourth-order valence-corrected chi connectivity index (χ4v) is 3.26. The first-order valence-corrected chi connectivity index (χ1v) is 7.36. The summed E-state index contributed by atoms with van der Waals surface area (Å²) in [4.78, 5) is 2.70. The number of benzene rings is 1. The van der Waals surface area contributed by atoms with Crippen molar-refractivity contribution >= 4 is 0 Å². The van der Waals surface area contributed by atoms with Gasteiger partial charge in [0, 0.05) is 32.2 Å². The molecule has 0 radical (unpaired) electrons. The van der Waals surface area contributed by atoms with Crippen molar-refractivity contribution in [2.24, 2.45) is 5.92 Å². The maximum atomic E-state index is 3.46. The van der Waals surface area contributed by atoms with E-state index in [1.54, 1.807) is 0 Å². The predicted molar refractivity (Wildman–Crippen MR) is 75.7 cm³/mol. The molecular formula is C16H24N2. The zero-order valence-corrected chi connectivity index (χ0v) is 11.4. The summed E-state index contributed by atoms with van der Waals surface area (Å²) in [6, 6.07) is 9.90. The second-order valence-electron chi connectivity index (χ2n) is 5.83. The van der Waals surface area contributed by atoms with Crippen LogP contribution < -0.4 is 5.32 Å². The van der Waals surface area contributed by atoms with Crippen LogP contribution in [0.25, 0.3) is 0 Å². The lowest BCUT2D eigenvalue weighted by atomic mass is 9.76. The van der Waals surface area contributed by atoms with E-state index in [4.69, 9.17) is 0 Å². The van der Waals surface area contributed by atoms with Gasteiger partial charge in [-0.25, -0.2) is 0 Å². The highest BCUT2D eigenvalue weighted by molar-refractivity contribution is 5.25. The van der Waals surface area contributed by atoms with Crippen LogP contribution in [-0.4, -0.2) is 31.1 Å². The Kier molecular flexibility index (Phi) is 3.67. The van der Waals surface area contributed by atoms with Crippen molar-refractivity contribution in [2.45, 2.75) is 32.2 Å². The van der Waals surface area contributed by atoms with Gasteiger partial charge in [0.1, 0.15) is 0 Å². The van der Waals surface area contributed by atoms with Crippen molar-refractivity contribution in [1.82, 2.24) is 10.2 Å². The molecule has 0 bridgehead atoms. The lowest BCUT2D eigenvalue weighted by Crippen LogP contribution is -2.47. The van der Waals surface area contributed by atoms with Crippen LogP contribution in [0.3, 0.4) is 0 Å². The molecule has 2 nitrogen and oxygen atoms in total. The maximum absolute atomic E-state index is 3.46. The van der Waals surface area contributed by atoms with Crippen molar-refractivity contribution in [1.29, 1.82) is 0 Å². The van der Waals surface area contributed by atoms with Crippen LogP contribution in [0.5, 0.6) is 0 Å². The molecule has 1 atom stereocenters. The minimum absolute atomic E-state index is 0.668. The fourth-order valence-electron chi connectivity index (χ4n) is 3.26. The van der Waals surface area contributed by atoms with Gasteiger partial charge in [0.15, 0.2) is 0 Å². The molecule has 1 aromatic carbocycles. The van der Waals surface area contributed by atoms with Crippen molar-refractivity contribution in [2.75, 3.05) is 26.2 Å². The van der Waals surface area contributed by atoms with E-state index in [0.717, 1.165) is 19.0 Å². The Hall–Kier alpha value is -0.860. The lowest BCUT2D eigenvalue weighted by Gasteiger charge is -2.43. The summed E-state index contributed by atoms with van der Waals surface area (Å²) in [7, 11) is 0. The maximum Gasteiger partial charge on any atom is 0.0377 e. The molecule has 2 aliphatic rings. The molecule has 1 heterocycles. The Balaban J connectivity index is 1.81. The van der Waals surface area contributed by atoms with Crippen LogP contribution in [0.1, 0.15) is 36.4 Å². The zero-order chi connectivity index (χ0) is 12.4. The third kappa shape index (κ3) is 2.45. The van der Waals surface area contributed by atoms with E-state index in [2.05, 4.69) is 41.4 Å². The van der Waals surface area contributed by atoms with Crippen molar-refractivity contribution in [3.8, 4) is 0 Å². The second-order valence-corrected chi connectivity index (χ2v) is 5.83. The zero-order valence-electron chi connectivity index (χ0n) is 11.4. The molecule has 1 saturated carbocycles. The van der Waals surface area contributed by atoms with Gasteiger partial charge in [0.05, 0.1) is 0 Å². The van der Waals surface area contributed by atoms with Gasteiger partial charge < -0.3 is 5.32 Å². The number of piperazine rings is 1. The van der Waals surface area contributed by atoms with E-state index in [9.17, 15) is 0 Å². The summed E-state index contributed by atoms with van der Waals surface area (Å²) in [6.45, 7) is 6.88. The molecule has 0 aromatic heterocycles. The van der Waals surface area contributed by atoms with Crippen LogP contribution >= 0.6 is 0 Å². The Morgan fingerprint density at radius 1 is 1.11 bits per heavy atom. The minimum atomic E-state index is 0.668. The van der Waals surface area contributed by atoms with Gasteiger partial charge in [-0.3, -0.25) is 4.90 Å². The highest BCUT2D eigenvalue weighted by atomic mass is 15.2. The molecule has 2 heteroatoms.